The molecule has 0 atom stereocenters. The first kappa shape index (κ1) is 24.8. The van der Waals surface area contributed by atoms with Crippen molar-refractivity contribution in [2.24, 2.45) is 0 Å². The summed E-state index contributed by atoms with van der Waals surface area (Å²) in [6.45, 7) is 0.0293. The minimum absolute atomic E-state index is 0.112. The Hall–Kier alpha value is -2.80. The average Bonchev–Trinajstić information content (AvgIpc) is 2.77. The van der Waals surface area contributed by atoms with Crippen LogP contribution in [-0.2, 0) is 22.4 Å². The molecule has 1 aliphatic heterocycles. The van der Waals surface area contributed by atoms with Crippen LogP contribution in [0.3, 0.4) is 0 Å². The fourth-order valence-corrected chi connectivity index (χ4v) is 4.87. The number of sulfonamides is 1. The number of hydrogen-bond donors (Lipinski definition) is 1. The molecule has 0 bridgehead atoms. The molecule has 0 aromatic heterocycles. The fraction of sp³-hybridized carbons (Fsp3) is 0.350. The second-order valence-electron chi connectivity index (χ2n) is 7.26. The number of piperazine rings is 1. The Morgan fingerprint density at radius 2 is 1.33 bits per heavy atom. The van der Waals surface area contributed by atoms with E-state index < -0.39 is 38.4 Å². The van der Waals surface area contributed by atoms with Crippen molar-refractivity contribution in [3.63, 3.8) is 0 Å². The molecule has 180 valence electrons. The van der Waals surface area contributed by atoms with E-state index in [1.54, 1.807) is 29.2 Å². The molecule has 1 aliphatic rings. The van der Waals surface area contributed by atoms with Gasteiger partial charge in [0.15, 0.2) is 0 Å². The standard InChI is InChI=1S/C20H19F6N3O3S/c1-27-18(30)13-2-4-16(5-3-13)28-6-8-29(9-7-28)33(31,32)17-11-14(19(21,22)23)10-15(12-17)20(24,25)26/h2-5,10-12H,6-9H2,1H3,(H,27,30). The smallest absolute Gasteiger partial charge is 0.369 e. The van der Waals surface area contributed by atoms with E-state index in [1.807, 2.05) is 0 Å². The number of amides is 1. The highest BCUT2D eigenvalue weighted by Gasteiger charge is 2.39. The minimum atomic E-state index is -5.15. The Balaban J connectivity index is 1.82. The Kier molecular flexibility index (Phi) is 6.67. The number of carbonyl (C=O) groups excluding carboxylic acids is 1. The van der Waals surface area contributed by atoms with E-state index in [2.05, 4.69) is 5.32 Å². The van der Waals surface area contributed by atoms with Gasteiger partial charge in [-0.15, -0.1) is 0 Å². The lowest BCUT2D eigenvalue weighted by atomic mass is 10.1. The Morgan fingerprint density at radius 1 is 0.848 bits per heavy atom. The van der Waals surface area contributed by atoms with Crippen LogP contribution in [-0.4, -0.2) is 51.9 Å². The van der Waals surface area contributed by atoms with E-state index in [4.69, 9.17) is 0 Å². The van der Waals surface area contributed by atoms with Gasteiger partial charge in [-0.05, 0) is 42.5 Å². The van der Waals surface area contributed by atoms with Crippen molar-refractivity contribution in [2.45, 2.75) is 17.2 Å². The van der Waals surface area contributed by atoms with Gasteiger partial charge in [0.2, 0.25) is 10.0 Å². The van der Waals surface area contributed by atoms with Gasteiger partial charge in [-0.1, -0.05) is 0 Å². The molecule has 1 saturated heterocycles. The molecule has 13 heteroatoms. The number of anilines is 1. The first-order chi connectivity index (χ1) is 15.2. The van der Waals surface area contributed by atoms with Gasteiger partial charge in [-0.2, -0.15) is 30.6 Å². The quantitative estimate of drug-likeness (QED) is 0.659. The largest absolute Gasteiger partial charge is 0.416 e. The number of nitrogens with zero attached hydrogens (tertiary/aromatic N) is 2. The summed E-state index contributed by atoms with van der Waals surface area (Å²) < 4.78 is 105. The van der Waals surface area contributed by atoms with Crippen LogP contribution in [0.1, 0.15) is 21.5 Å². The molecule has 1 heterocycles. The van der Waals surface area contributed by atoms with E-state index in [-0.39, 0.29) is 50.3 Å². The molecule has 1 N–H and O–H groups in total. The molecular formula is C20H19F6N3O3S. The lowest BCUT2D eigenvalue weighted by Gasteiger charge is -2.35. The molecule has 0 unspecified atom stereocenters. The van der Waals surface area contributed by atoms with Crippen LogP contribution in [0.15, 0.2) is 47.4 Å². The molecule has 3 rings (SSSR count). The molecular weight excluding hydrogens is 476 g/mol. The number of alkyl halides is 6. The lowest BCUT2D eigenvalue weighted by molar-refractivity contribution is -0.143. The van der Waals surface area contributed by atoms with Crippen LogP contribution in [0.4, 0.5) is 32.0 Å². The third-order valence-electron chi connectivity index (χ3n) is 5.16. The summed E-state index contributed by atoms with van der Waals surface area (Å²) in [4.78, 5) is 12.4. The highest BCUT2D eigenvalue weighted by atomic mass is 32.2. The summed E-state index contributed by atoms with van der Waals surface area (Å²) in [5.41, 5.74) is -2.26. The Morgan fingerprint density at radius 3 is 1.76 bits per heavy atom. The number of rotatable bonds is 4. The van der Waals surface area contributed by atoms with Crippen molar-refractivity contribution in [3.8, 4) is 0 Å². The van der Waals surface area contributed by atoms with Gasteiger partial charge in [-0.3, -0.25) is 4.79 Å². The third-order valence-corrected chi connectivity index (χ3v) is 7.04. The van der Waals surface area contributed by atoms with Crippen LogP contribution >= 0.6 is 0 Å². The summed E-state index contributed by atoms with van der Waals surface area (Å²) in [5.74, 6) is -0.281. The molecule has 0 spiro atoms. The normalized spacial score (nSPS) is 16.0. The van der Waals surface area contributed by atoms with Crippen molar-refractivity contribution in [2.75, 3.05) is 38.1 Å². The zero-order valence-corrected chi connectivity index (χ0v) is 18.0. The summed E-state index contributed by atoms with van der Waals surface area (Å²) in [6, 6.07) is 6.81. The van der Waals surface area contributed by atoms with E-state index >= 15 is 0 Å². The van der Waals surface area contributed by atoms with Crippen LogP contribution in [0.5, 0.6) is 0 Å². The topological polar surface area (TPSA) is 69.7 Å². The predicted octanol–water partition coefficient (Wildman–Crippen LogP) is 3.59. The van der Waals surface area contributed by atoms with E-state index in [0.29, 0.717) is 11.3 Å². The zero-order valence-electron chi connectivity index (χ0n) is 17.2. The van der Waals surface area contributed by atoms with Gasteiger partial charge in [-0.25, -0.2) is 8.42 Å². The molecule has 0 aliphatic carbocycles. The molecule has 2 aromatic carbocycles. The van der Waals surface area contributed by atoms with Crippen molar-refractivity contribution in [1.82, 2.24) is 9.62 Å². The Bertz CT molecular complexity index is 1090. The third kappa shape index (κ3) is 5.41. The maximum Gasteiger partial charge on any atom is 0.416 e. The SMILES string of the molecule is CNC(=O)c1ccc(N2CCN(S(=O)(=O)c3cc(C(F)(F)F)cc(C(F)(F)F)c3)CC2)cc1. The van der Waals surface area contributed by atoms with Gasteiger partial charge in [0.05, 0.1) is 16.0 Å². The number of carbonyl (C=O) groups is 1. The van der Waals surface area contributed by atoms with Gasteiger partial charge in [0.25, 0.3) is 5.91 Å². The first-order valence-electron chi connectivity index (χ1n) is 9.60. The highest BCUT2D eigenvalue weighted by Crippen LogP contribution is 2.38. The van der Waals surface area contributed by atoms with Crippen LogP contribution in [0.25, 0.3) is 0 Å². The molecule has 0 saturated carbocycles. The van der Waals surface area contributed by atoms with Crippen LogP contribution < -0.4 is 10.2 Å². The summed E-state index contributed by atoms with van der Waals surface area (Å²) in [7, 11) is -3.12. The van der Waals surface area contributed by atoms with Gasteiger partial charge in [0.1, 0.15) is 0 Å². The minimum Gasteiger partial charge on any atom is -0.369 e. The molecule has 2 aromatic rings. The first-order valence-corrected chi connectivity index (χ1v) is 11.0. The number of nitrogens with one attached hydrogen (secondary N) is 1. The number of hydrogen-bond acceptors (Lipinski definition) is 4. The molecule has 33 heavy (non-hydrogen) atoms. The zero-order chi connectivity index (χ0) is 24.6. The second kappa shape index (κ2) is 8.86. The van der Waals surface area contributed by atoms with E-state index in [0.717, 1.165) is 4.31 Å². The Labute approximate surface area is 185 Å². The van der Waals surface area contributed by atoms with Crippen molar-refractivity contribution in [1.29, 1.82) is 0 Å². The maximum absolute atomic E-state index is 13.1. The number of halogens is 6. The number of benzene rings is 2. The predicted molar refractivity (Wildman–Crippen MR) is 107 cm³/mol. The fourth-order valence-electron chi connectivity index (χ4n) is 3.38. The summed E-state index contributed by atoms with van der Waals surface area (Å²) >= 11 is 0. The average molecular weight is 495 g/mol. The van der Waals surface area contributed by atoms with E-state index in [9.17, 15) is 39.6 Å². The van der Waals surface area contributed by atoms with Crippen LogP contribution in [0, 0.1) is 0 Å². The highest BCUT2D eigenvalue weighted by molar-refractivity contribution is 7.89. The maximum atomic E-state index is 13.1. The monoisotopic (exact) mass is 495 g/mol. The van der Waals surface area contributed by atoms with E-state index in [1.165, 1.54) is 7.05 Å². The summed E-state index contributed by atoms with van der Waals surface area (Å²) in [5, 5.41) is 2.48. The van der Waals surface area contributed by atoms with Gasteiger partial charge < -0.3 is 10.2 Å². The second-order valence-corrected chi connectivity index (χ2v) is 9.20. The lowest BCUT2D eigenvalue weighted by Crippen LogP contribution is -2.48. The molecule has 6 nitrogen and oxygen atoms in total. The van der Waals surface area contributed by atoms with Crippen molar-refractivity contribution >= 4 is 21.6 Å². The van der Waals surface area contributed by atoms with Gasteiger partial charge >= 0.3 is 12.4 Å². The van der Waals surface area contributed by atoms with Crippen LogP contribution in [0.2, 0.25) is 0 Å². The van der Waals surface area contributed by atoms with Crippen molar-refractivity contribution in [3.05, 3.63) is 59.2 Å². The summed E-state index contributed by atoms with van der Waals surface area (Å²) in [6.07, 6.45) is -10.3. The molecule has 1 fully saturated rings. The van der Waals surface area contributed by atoms with Gasteiger partial charge in [0, 0.05) is 44.5 Å². The molecule has 1 amide bonds. The molecule has 0 radical (unpaired) electrons. The van der Waals surface area contributed by atoms with Crippen molar-refractivity contribution < 1.29 is 39.6 Å².